The van der Waals surface area contributed by atoms with Crippen molar-refractivity contribution in [1.29, 1.82) is 5.26 Å². The predicted octanol–water partition coefficient (Wildman–Crippen LogP) is 1.46. The lowest BCUT2D eigenvalue weighted by Crippen LogP contribution is -2.77. The predicted molar refractivity (Wildman–Crippen MR) is 77.5 cm³/mol. The number of likely N-dealkylation sites (tertiary alicyclic amines) is 2. The Balaban J connectivity index is 1.61. The van der Waals surface area contributed by atoms with Crippen LogP contribution in [0.25, 0.3) is 0 Å². The van der Waals surface area contributed by atoms with Crippen molar-refractivity contribution in [2.24, 2.45) is 0 Å². The van der Waals surface area contributed by atoms with Crippen LogP contribution in [-0.4, -0.2) is 46.0 Å². The number of amides is 1. The monoisotopic (exact) mass is 285 g/mol. The summed E-state index contributed by atoms with van der Waals surface area (Å²) in [6, 6.07) is 7.14. The highest BCUT2D eigenvalue weighted by Crippen LogP contribution is 2.40. The van der Waals surface area contributed by atoms with Crippen molar-refractivity contribution in [1.82, 2.24) is 9.80 Å². The van der Waals surface area contributed by atoms with Crippen molar-refractivity contribution in [3.05, 3.63) is 29.3 Å². The SMILES string of the molecule is CCC(=O)N1CCC12CN(Cc1ccc(O)c(C#N)c1)C2. The maximum absolute atomic E-state index is 11.8. The Morgan fingerprint density at radius 1 is 1.48 bits per heavy atom. The molecule has 1 amide bonds. The molecule has 1 spiro atoms. The Labute approximate surface area is 124 Å². The number of nitriles is 1. The quantitative estimate of drug-likeness (QED) is 0.913. The van der Waals surface area contributed by atoms with E-state index in [2.05, 4.69) is 4.90 Å². The largest absolute Gasteiger partial charge is 0.507 e. The molecule has 5 heteroatoms. The number of hydrogen-bond donors (Lipinski definition) is 1. The number of phenolic OH excluding ortho intramolecular Hbond substituents is 1. The van der Waals surface area contributed by atoms with Gasteiger partial charge in [0.05, 0.1) is 11.1 Å². The highest BCUT2D eigenvalue weighted by atomic mass is 16.3. The van der Waals surface area contributed by atoms with E-state index in [0.717, 1.165) is 38.2 Å². The standard InChI is InChI=1S/C16H19N3O2/c1-2-15(21)19-6-5-16(19)10-18(11-16)9-12-3-4-14(20)13(7-12)8-17/h3-4,7,20H,2,5-6,9-11H2,1H3. The second-order valence-electron chi connectivity index (χ2n) is 5.98. The lowest BCUT2D eigenvalue weighted by Gasteiger charge is -2.62. The van der Waals surface area contributed by atoms with E-state index >= 15 is 0 Å². The smallest absolute Gasteiger partial charge is 0.222 e. The molecule has 2 aliphatic rings. The average molecular weight is 285 g/mol. The van der Waals surface area contributed by atoms with Crippen molar-refractivity contribution < 1.29 is 9.90 Å². The molecule has 0 atom stereocenters. The fourth-order valence-electron chi connectivity index (χ4n) is 3.38. The summed E-state index contributed by atoms with van der Waals surface area (Å²) in [6.07, 6.45) is 1.67. The molecule has 0 bridgehead atoms. The van der Waals surface area contributed by atoms with Crippen LogP contribution in [0.2, 0.25) is 0 Å². The molecule has 0 unspecified atom stereocenters. The highest BCUT2D eigenvalue weighted by molar-refractivity contribution is 5.78. The third-order valence-corrected chi connectivity index (χ3v) is 4.60. The fraction of sp³-hybridized carbons (Fsp3) is 0.500. The lowest BCUT2D eigenvalue weighted by molar-refractivity contribution is -0.166. The van der Waals surface area contributed by atoms with Crippen LogP contribution in [0.15, 0.2) is 18.2 Å². The average Bonchev–Trinajstić information content (AvgIpc) is 2.42. The fourth-order valence-corrected chi connectivity index (χ4v) is 3.38. The molecule has 1 aromatic rings. The molecular formula is C16H19N3O2. The van der Waals surface area contributed by atoms with Gasteiger partial charge < -0.3 is 10.0 Å². The molecule has 110 valence electrons. The van der Waals surface area contributed by atoms with Crippen molar-refractivity contribution in [3.63, 3.8) is 0 Å². The number of phenols is 1. The molecular weight excluding hydrogens is 266 g/mol. The molecule has 2 aliphatic heterocycles. The van der Waals surface area contributed by atoms with Gasteiger partial charge in [-0.1, -0.05) is 13.0 Å². The Hall–Kier alpha value is -2.06. The van der Waals surface area contributed by atoms with Crippen LogP contribution in [0.1, 0.15) is 30.9 Å². The van der Waals surface area contributed by atoms with Crippen LogP contribution in [0.3, 0.4) is 0 Å². The van der Waals surface area contributed by atoms with Crippen LogP contribution < -0.4 is 0 Å². The summed E-state index contributed by atoms with van der Waals surface area (Å²) >= 11 is 0. The first-order valence-corrected chi connectivity index (χ1v) is 7.33. The van der Waals surface area contributed by atoms with Gasteiger partial charge in [0, 0.05) is 32.6 Å². The molecule has 21 heavy (non-hydrogen) atoms. The number of hydrogen-bond acceptors (Lipinski definition) is 4. The Morgan fingerprint density at radius 3 is 2.81 bits per heavy atom. The van der Waals surface area contributed by atoms with Gasteiger partial charge in [-0.25, -0.2) is 0 Å². The third kappa shape index (κ3) is 2.26. The summed E-state index contributed by atoms with van der Waals surface area (Å²) in [4.78, 5) is 16.1. The number of rotatable bonds is 3. The number of nitrogens with zero attached hydrogens (tertiary/aromatic N) is 3. The van der Waals surface area contributed by atoms with E-state index in [1.165, 1.54) is 0 Å². The third-order valence-electron chi connectivity index (χ3n) is 4.60. The van der Waals surface area contributed by atoms with Crippen LogP contribution >= 0.6 is 0 Å². The summed E-state index contributed by atoms with van der Waals surface area (Å²) in [6.45, 7) is 5.36. The van der Waals surface area contributed by atoms with Gasteiger partial charge in [-0.2, -0.15) is 5.26 Å². The molecule has 0 saturated carbocycles. The molecule has 0 aromatic heterocycles. The minimum Gasteiger partial charge on any atom is -0.507 e. The number of carbonyl (C=O) groups excluding carboxylic acids is 1. The number of aromatic hydroxyl groups is 1. The van der Waals surface area contributed by atoms with Crippen molar-refractivity contribution in [2.75, 3.05) is 19.6 Å². The summed E-state index contributed by atoms with van der Waals surface area (Å²) in [5.74, 6) is 0.275. The summed E-state index contributed by atoms with van der Waals surface area (Å²) in [7, 11) is 0. The van der Waals surface area contributed by atoms with E-state index in [1.807, 2.05) is 24.0 Å². The van der Waals surface area contributed by atoms with Gasteiger partial charge in [0.25, 0.3) is 0 Å². The molecule has 0 aliphatic carbocycles. The first-order valence-electron chi connectivity index (χ1n) is 7.33. The first-order chi connectivity index (χ1) is 10.1. The Bertz CT molecular complexity index is 614. The van der Waals surface area contributed by atoms with Gasteiger partial charge in [-0.15, -0.1) is 0 Å². The summed E-state index contributed by atoms with van der Waals surface area (Å²) in [5, 5.41) is 18.4. The summed E-state index contributed by atoms with van der Waals surface area (Å²) in [5.41, 5.74) is 1.41. The zero-order valence-corrected chi connectivity index (χ0v) is 12.2. The topological polar surface area (TPSA) is 67.6 Å². The van der Waals surface area contributed by atoms with E-state index in [0.29, 0.717) is 12.0 Å². The maximum Gasteiger partial charge on any atom is 0.222 e. The van der Waals surface area contributed by atoms with E-state index in [-0.39, 0.29) is 17.2 Å². The van der Waals surface area contributed by atoms with Crippen LogP contribution in [0, 0.1) is 11.3 Å². The van der Waals surface area contributed by atoms with Gasteiger partial charge in [0.1, 0.15) is 11.8 Å². The van der Waals surface area contributed by atoms with Crippen molar-refractivity contribution in [3.8, 4) is 11.8 Å². The van der Waals surface area contributed by atoms with Gasteiger partial charge in [-0.05, 0) is 24.1 Å². The second kappa shape index (κ2) is 5.05. The van der Waals surface area contributed by atoms with Gasteiger partial charge >= 0.3 is 0 Å². The lowest BCUT2D eigenvalue weighted by atomic mass is 9.77. The molecule has 0 radical (unpaired) electrons. The highest BCUT2D eigenvalue weighted by Gasteiger charge is 2.54. The molecule has 3 rings (SSSR count). The molecule has 2 heterocycles. The van der Waals surface area contributed by atoms with Gasteiger partial charge in [0.2, 0.25) is 5.91 Å². The second-order valence-corrected chi connectivity index (χ2v) is 5.98. The van der Waals surface area contributed by atoms with Gasteiger partial charge in [0.15, 0.2) is 0 Å². The minimum absolute atomic E-state index is 0.0278. The molecule has 2 fully saturated rings. The molecule has 1 N–H and O–H groups in total. The molecule has 2 saturated heterocycles. The van der Waals surface area contributed by atoms with Crippen LogP contribution in [0.4, 0.5) is 0 Å². The van der Waals surface area contributed by atoms with Crippen molar-refractivity contribution >= 4 is 5.91 Å². The van der Waals surface area contributed by atoms with E-state index in [9.17, 15) is 9.90 Å². The zero-order chi connectivity index (χ0) is 15.0. The van der Waals surface area contributed by atoms with E-state index in [4.69, 9.17) is 5.26 Å². The molecule has 5 nitrogen and oxygen atoms in total. The molecule has 1 aromatic carbocycles. The first kappa shape index (κ1) is 13.9. The number of benzene rings is 1. The van der Waals surface area contributed by atoms with Crippen LogP contribution in [-0.2, 0) is 11.3 Å². The Kier molecular flexibility index (Phi) is 3.34. The van der Waals surface area contributed by atoms with Gasteiger partial charge in [-0.3, -0.25) is 9.69 Å². The Morgan fingerprint density at radius 2 is 2.24 bits per heavy atom. The van der Waals surface area contributed by atoms with Crippen LogP contribution in [0.5, 0.6) is 5.75 Å². The van der Waals surface area contributed by atoms with Crippen molar-refractivity contribution in [2.45, 2.75) is 31.8 Å². The minimum atomic E-state index is 0.0278. The maximum atomic E-state index is 11.8. The zero-order valence-electron chi connectivity index (χ0n) is 12.2. The van der Waals surface area contributed by atoms with E-state index < -0.39 is 0 Å². The van der Waals surface area contributed by atoms with E-state index in [1.54, 1.807) is 12.1 Å². The summed E-state index contributed by atoms with van der Waals surface area (Å²) < 4.78 is 0. The normalized spacial score (nSPS) is 19.7. The number of carbonyl (C=O) groups is 1.